The van der Waals surface area contributed by atoms with Crippen molar-refractivity contribution < 1.29 is 0 Å². The summed E-state index contributed by atoms with van der Waals surface area (Å²) in [7, 11) is 0. The average molecular weight is 386 g/mol. The normalized spacial score (nSPS) is 11.2. The predicted octanol–water partition coefficient (Wildman–Crippen LogP) is 9.85. The lowest BCUT2D eigenvalue weighted by molar-refractivity contribution is 0.522. The van der Waals surface area contributed by atoms with Gasteiger partial charge in [-0.15, -0.1) is 0 Å². The van der Waals surface area contributed by atoms with Gasteiger partial charge in [0.1, 0.15) is 0 Å². The summed E-state index contributed by atoms with van der Waals surface area (Å²) in [6.07, 6.45) is 30.3. The van der Waals surface area contributed by atoms with Crippen LogP contribution in [0, 0.1) is 6.07 Å². The van der Waals surface area contributed by atoms with Crippen LogP contribution in [0.15, 0.2) is 24.3 Å². The van der Waals surface area contributed by atoms with Gasteiger partial charge in [-0.05, 0) is 24.5 Å². The lowest BCUT2D eigenvalue weighted by atomic mass is 10.0. The first-order valence-corrected chi connectivity index (χ1v) is 12.9. The third kappa shape index (κ3) is 17.3. The van der Waals surface area contributed by atoms with E-state index in [2.05, 4.69) is 25.1 Å². The summed E-state index contributed by atoms with van der Waals surface area (Å²) >= 11 is 0. The standard InChI is InChI=1S/C28H49/c1-2-3-4-5-6-7-8-9-10-11-12-13-14-15-16-17-18-19-20-22-25-28-26-23-21-24-27-28/h23-24,26-27H,2-20,22,25H2,1H3. The molecule has 0 spiro atoms. The zero-order valence-electron chi connectivity index (χ0n) is 19.2. The second-order valence-corrected chi connectivity index (χ2v) is 8.88. The number of benzene rings is 1. The molecule has 28 heavy (non-hydrogen) atoms. The fraction of sp³-hybridized carbons (Fsp3) is 0.786. The first-order valence-electron chi connectivity index (χ1n) is 12.9. The van der Waals surface area contributed by atoms with Crippen LogP contribution in [-0.4, -0.2) is 0 Å². The molecule has 1 aromatic carbocycles. The minimum atomic E-state index is 1.24. The first kappa shape index (κ1) is 25.3. The molecule has 0 unspecified atom stereocenters. The van der Waals surface area contributed by atoms with E-state index in [0.29, 0.717) is 0 Å². The van der Waals surface area contributed by atoms with Crippen molar-refractivity contribution >= 4 is 0 Å². The molecular formula is C28H49. The van der Waals surface area contributed by atoms with Crippen LogP contribution in [0.25, 0.3) is 0 Å². The molecule has 1 aromatic rings. The fourth-order valence-electron chi connectivity index (χ4n) is 4.17. The van der Waals surface area contributed by atoms with E-state index in [9.17, 15) is 0 Å². The van der Waals surface area contributed by atoms with E-state index < -0.39 is 0 Å². The summed E-state index contributed by atoms with van der Waals surface area (Å²) in [6, 6.07) is 11.6. The minimum Gasteiger partial charge on any atom is -0.0654 e. The van der Waals surface area contributed by atoms with E-state index in [1.54, 1.807) is 0 Å². The van der Waals surface area contributed by atoms with Gasteiger partial charge in [-0.3, -0.25) is 0 Å². The largest absolute Gasteiger partial charge is 0.0654 e. The number of aryl methyl sites for hydroxylation is 1. The van der Waals surface area contributed by atoms with Crippen LogP contribution in [0.3, 0.4) is 0 Å². The number of rotatable bonds is 21. The second-order valence-electron chi connectivity index (χ2n) is 8.88. The summed E-state index contributed by atoms with van der Waals surface area (Å²) in [5, 5.41) is 0. The van der Waals surface area contributed by atoms with Crippen molar-refractivity contribution in [3.8, 4) is 0 Å². The van der Waals surface area contributed by atoms with Crippen LogP contribution in [0.2, 0.25) is 0 Å². The van der Waals surface area contributed by atoms with E-state index in [1.807, 2.05) is 12.1 Å². The molecule has 0 aliphatic rings. The third-order valence-corrected chi connectivity index (χ3v) is 6.11. The van der Waals surface area contributed by atoms with Crippen molar-refractivity contribution in [3.05, 3.63) is 35.9 Å². The molecule has 0 heterocycles. The van der Waals surface area contributed by atoms with Crippen LogP contribution in [0.1, 0.15) is 141 Å². The Labute approximate surface area is 177 Å². The molecule has 0 aliphatic carbocycles. The minimum absolute atomic E-state index is 1.24. The molecule has 0 heteroatoms. The van der Waals surface area contributed by atoms with Crippen molar-refractivity contribution in [2.75, 3.05) is 0 Å². The van der Waals surface area contributed by atoms with Gasteiger partial charge in [0.05, 0.1) is 0 Å². The van der Waals surface area contributed by atoms with Crippen molar-refractivity contribution in [3.63, 3.8) is 0 Å². The van der Waals surface area contributed by atoms with Crippen LogP contribution in [0.5, 0.6) is 0 Å². The number of unbranched alkanes of at least 4 members (excludes halogenated alkanes) is 19. The highest BCUT2D eigenvalue weighted by Crippen LogP contribution is 2.15. The van der Waals surface area contributed by atoms with Gasteiger partial charge in [-0.25, -0.2) is 0 Å². The van der Waals surface area contributed by atoms with Gasteiger partial charge in [-0.1, -0.05) is 153 Å². The van der Waals surface area contributed by atoms with E-state index in [0.717, 1.165) is 0 Å². The highest BCUT2D eigenvalue weighted by atomic mass is 14.0. The highest BCUT2D eigenvalue weighted by Gasteiger charge is 1.96. The summed E-state index contributed by atoms with van der Waals surface area (Å²) in [5.74, 6) is 0. The number of hydrogen-bond donors (Lipinski definition) is 0. The summed E-state index contributed by atoms with van der Waals surface area (Å²) < 4.78 is 0. The van der Waals surface area contributed by atoms with Gasteiger partial charge in [-0.2, -0.15) is 0 Å². The molecule has 161 valence electrons. The Morgan fingerprint density at radius 1 is 0.464 bits per heavy atom. The molecule has 0 nitrogen and oxygen atoms in total. The lowest BCUT2D eigenvalue weighted by Crippen LogP contribution is -1.86. The van der Waals surface area contributed by atoms with Gasteiger partial charge in [0.15, 0.2) is 0 Å². The molecule has 0 aliphatic heterocycles. The molecule has 0 saturated carbocycles. The maximum atomic E-state index is 3.10. The Morgan fingerprint density at radius 3 is 1.14 bits per heavy atom. The molecular weight excluding hydrogens is 336 g/mol. The molecule has 0 amide bonds. The Morgan fingerprint density at radius 2 is 0.786 bits per heavy atom. The Hall–Kier alpha value is -0.780. The van der Waals surface area contributed by atoms with Crippen molar-refractivity contribution in [2.45, 2.75) is 142 Å². The van der Waals surface area contributed by atoms with Gasteiger partial charge in [0.2, 0.25) is 0 Å². The Bertz CT molecular complexity index is 394. The van der Waals surface area contributed by atoms with E-state index in [4.69, 9.17) is 0 Å². The maximum Gasteiger partial charge on any atom is -0.0184 e. The van der Waals surface area contributed by atoms with Crippen LogP contribution in [-0.2, 0) is 6.42 Å². The van der Waals surface area contributed by atoms with Gasteiger partial charge < -0.3 is 0 Å². The Balaban J connectivity index is 1.67. The third-order valence-electron chi connectivity index (χ3n) is 6.11. The molecule has 0 bridgehead atoms. The summed E-state index contributed by atoms with van der Waals surface area (Å²) in [4.78, 5) is 0. The second kappa shape index (κ2) is 20.9. The smallest absolute Gasteiger partial charge is 0.0184 e. The van der Waals surface area contributed by atoms with E-state index in [-0.39, 0.29) is 0 Å². The van der Waals surface area contributed by atoms with Crippen molar-refractivity contribution in [2.24, 2.45) is 0 Å². The molecule has 0 aromatic heterocycles. The van der Waals surface area contributed by atoms with Gasteiger partial charge in [0, 0.05) is 0 Å². The number of hydrogen-bond acceptors (Lipinski definition) is 0. The molecule has 1 radical (unpaired) electrons. The van der Waals surface area contributed by atoms with Crippen LogP contribution < -0.4 is 0 Å². The van der Waals surface area contributed by atoms with Crippen molar-refractivity contribution in [1.82, 2.24) is 0 Å². The van der Waals surface area contributed by atoms with Gasteiger partial charge in [0.25, 0.3) is 0 Å². The average Bonchev–Trinajstić information content (AvgIpc) is 2.73. The summed E-state index contributed by atoms with van der Waals surface area (Å²) in [5.41, 5.74) is 1.47. The van der Waals surface area contributed by atoms with Crippen LogP contribution >= 0.6 is 0 Å². The van der Waals surface area contributed by atoms with E-state index >= 15 is 0 Å². The summed E-state index contributed by atoms with van der Waals surface area (Å²) in [6.45, 7) is 2.30. The zero-order valence-corrected chi connectivity index (χ0v) is 19.2. The van der Waals surface area contributed by atoms with Crippen molar-refractivity contribution in [1.29, 1.82) is 0 Å². The molecule has 0 atom stereocenters. The topological polar surface area (TPSA) is 0 Å². The highest BCUT2D eigenvalue weighted by molar-refractivity contribution is 5.13. The molecule has 0 saturated heterocycles. The monoisotopic (exact) mass is 385 g/mol. The maximum absolute atomic E-state index is 3.10. The molecule has 1 rings (SSSR count). The SMILES string of the molecule is CCCCCCCCCCCCCCCCCCCCCCc1cc[c]cc1. The molecule has 0 fully saturated rings. The van der Waals surface area contributed by atoms with E-state index in [1.165, 1.54) is 140 Å². The van der Waals surface area contributed by atoms with Gasteiger partial charge >= 0.3 is 0 Å². The fourth-order valence-corrected chi connectivity index (χ4v) is 4.17. The Kier molecular flexibility index (Phi) is 18.9. The first-order chi connectivity index (χ1) is 13.9. The quantitative estimate of drug-likeness (QED) is 0.185. The van der Waals surface area contributed by atoms with Crippen LogP contribution in [0.4, 0.5) is 0 Å². The zero-order chi connectivity index (χ0) is 20.0. The molecule has 0 N–H and O–H groups in total. The predicted molar refractivity (Wildman–Crippen MR) is 127 cm³/mol. The lowest BCUT2D eigenvalue weighted by Gasteiger charge is -2.04.